The SMILES string of the molecule is COc1ccc(C(=O)O[C@@H]2C[C@H](C)CC[C@H]2C(C)C)cc1. The summed E-state index contributed by atoms with van der Waals surface area (Å²) in [5.74, 6) is 2.18. The fourth-order valence-electron chi connectivity index (χ4n) is 3.18. The number of hydrogen-bond donors (Lipinski definition) is 0. The molecule has 1 fully saturated rings. The number of carbonyl (C=O) groups excluding carboxylic acids is 1. The van der Waals surface area contributed by atoms with Gasteiger partial charge in [0.1, 0.15) is 11.9 Å². The van der Waals surface area contributed by atoms with Crippen LogP contribution in [0.5, 0.6) is 5.75 Å². The summed E-state index contributed by atoms with van der Waals surface area (Å²) < 4.78 is 10.9. The molecule has 116 valence electrons. The normalized spacial score (nSPS) is 25.7. The van der Waals surface area contributed by atoms with Gasteiger partial charge in [-0.1, -0.05) is 27.2 Å². The van der Waals surface area contributed by atoms with E-state index < -0.39 is 0 Å². The van der Waals surface area contributed by atoms with Crippen LogP contribution in [0.4, 0.5) is 0 Å². The molecule has 0 radical (unpaired) electrons. The third-order valence-electron chi connectivity index (χ3n) is 4.55. The summed E-state index contributed by atoms with van der Waals surface area (Å²) >= 11 is 0. The molecule has 0 aliphatic heterocycles. The Kier molecular flexibility index (Phi) is 5.27. The Balaban J connectivity index is 2.04. The Morgan fingerprint density at radius 3 is 2.43 bits per heavy atom. The summed E-state index contributed by atoms with van der Waals surface area (Å²) in [6.07, 6.45) is 3.41. The molecule has 1 aromatic rings. The molecule has 2 rings (SSSR count). The van der Waals surface area contributed by atoms with Gasteiger partial charge in [-0.25, -0.2) is 4.79 Å². The molecule has 0 aromatic heterocycles. The van der Waals surface area contributed by atoms with Crippen molar-refractivity contribution in [1.29, 1.82) is 0 Å². The lowest BCUT2D eigenvalue weighted by molar-refractivity contribution is -0.0174. The van der Waals surface area contributed by atoms with E-state index in [1.807, 2.05) is 0 Å². The smallest absolute Gasteiger partial charge is 0.338 e. The van der Waals surface area contributed by atoms with Crippen LogP contribution in [0.1, 0.15) is 50.4 Å². The van der Waals surface area contributed by atoms with Crippen LogP contribution < -0.4 is 4.74 Å². The molecule has 0 heterocycles. The molecule has 1 aliphatic rings. The number of hydrogen-bond acceptors (Lipinski definition) is 3. The second-order valence-electron chi connectivity index (χ2n) is 6.50. The Morgan fingerprint density at radius 2 is 1.86 bits per heavy atom. The second-order valence-corrected chi connectivity index (χ2v) is 6.50. The van der Waals surface area contributed by atoms with E-state index in [0.717, 1.165) is 18.6 Å². The highest BCUT2D eigenvalue weighted by atomic mass is 16.5. The molecule has 3 atom stereocenters. The molecular weight excluding hydrogens is 264 g/mol. The van der Waals surface area contributed by atoms with Crippen LogP contribution in [0.25, 0.3) is 0 Å². The lowest BCUT2D eigenvalue weighted by atomic mass is 9.75. The number of methoxy groups -OCH3 is 1. The second kappa shape index (κ2) is 6.97. The van der Waals surface area contributed by atoms with E-state index in [-0.39, 0.29) is 12.1 Å². The highest BCUT2D eigenvalue weighted by molar-refractivity contribution is 5.89. The van der Waals surface area contributed by atoms with Gasteiger partial charge >= 0.3 is 5.97 Å². The van der Waals surface area contributed by atoms with Gasteiger partial charge in [0.25, 0.3) is 0 Å². The topological polar surface area (TPSA) is 35.5 Å². The number of carbonyl (C=O) groups is 1. The van der Waals surface area contributed by atoms with Crippen LogP contribution in [0.15, 0.2) is 24.3 Å². The lowest BCUT2D eigenvalue weighted by Crippen LogP contribution is -2.35. The molecule has 0 bridgehead atoms. The third-order valence-corrected chi connectivity index (χ3v) is 4.55. The molecule has 21 heavy (non-hydrogen) atoms. The molecule has 0 amide bonds. The van der Waals surface area contributed by atoms with Gasteiger partial charge < -0.3 is 9.47 Å². The Bertz CT molecular complexity index is 464. The van der Waals surface area contributed by atoms with Crippen molar-refractivity contribution < 1.29 is 14.3 Å². The molecule has 1 saturated carbocycles. The Morgan fingerprint density at radius 1 is 1.19 bits per heavy atom. The maximum absolute atomic E-state index is 12.3. The molecule has 0 spiro atoms. The van der Waals surface area contributed by atoms with E-state index in [0.29, 0.717) is 23.3 Å². The average Bonchev–Trinajstić information content (AvgIpc) is 2.47. The Hall–Kier alpha value is -1.51. The summed E-state index contributed by atoms with van der Waals surface area (Å²) in [5, 5.41) is 0. The van der Waals surface area contributed by atoms with Gasteiger partial charge in [-0.3, -0.25) is 0 Å². The first-order chi connectivity index (χ1) is 10.0. The van der Waals surface area contributed by atoms with E-state index in [1.54, 1.807) is 31.4 Å². The summed E-state index contributed by atoms with van der Waals surface area (Å²) in [7, 11) is 1.62. The van der Waals surface area contributed by atoms with Crippen LogP contribution in [-0.2, 0) is 4.74 Å². The van der Waals surface area contributed by atoms with E-state index in [4.69, 9.17) is 9.47 Å². The average molecular weight is 290 g/mol. The zero-order valence-corrected chi connectivity index (χ0v) is 13.5. The van der Waals surface area contributed by atoms with Crippen molar-refractivity contribution in [3.63, 3.8) is 0 Å². The molecule has 0 saturated heterocycles. The molecule has 0 N–H and O–H groups in total. The highest BCUT2D eigenvalue weighted by Gasteiger charge is 2.33. The van der Waals surface area contributed by atoms with Crippen LogP contribution in [0.3, 0.4) is 0 Å². The summed E-state index contributed by atoms with van der Waals surface area (Å²) in [6.45, 7) is 6.68. The minimum atomic E-state index is -0.220. The van der Waals surface area contributed by atoms with Crippen molar-refractivity contribution in [3.8, 4) is 5.75 Å². The minimum absolute atomic E-state index is 0.0448. The molecule has 1 aliphatic carbocycles. The Labute approximate surface area is 127 Å². The van der Waals surface area contributed by atoms with E-state index in [9.17, 15) is 4.79 Å². The third kappa shape index (κ3) is 3.99. The molecule has 3 heteroatoms. The number of rotatable bonds is 4. The van der Waals surface area contributed by atoms with E-state index in [2.05, 4.69) is 20.8 Å². The first-order valence-corrected chi connectivity index (χ1v) is 7.86. The van der Waals surface area contributed by atoms with Crippen molar-refractivity contribution >= 4 is 5.97 Å². The molecule has 3 nitrogen and oxygen atoms in total. The summed E-state index contributed by atoms with van der Waals surface area (Å²) in [5.41, 5.74) is 0.594. The van der Waals surface area contributed by atoms with Gasteiger partial charge in [0.15, 0.2) is 0 Å². The maximum Gasteiger partial charge on any atom is 0.338 e. The van der Waals surface area contributed by atoms with Crippen molar-refractivity contribution in [3.05, 3.63) is 29.8 Å². The van der Waals surface area contributed by atoms with Gasteiger partial charge in [-0.15, -0.1) is 0 Å². The largest absolute Gasteiger partial charge is 0.497 e. The quantitative estimate of drug-likeness (QED) is 0.775. The zero-order chi connectivity index (χ0) is 15.4. The highest BCUT2D eigenvalue weighted by Crippen LogP contribution is 2.35. The van der Waals surface area contributed by atoms with Gasteiger partial charge in [-0.2, -0.15) is 0 Å². The van der Waals surface area contributed by atoms with Crippen molar-refractivity contribution in [2.24, 2.45) is 17.8 Å². The molecule has 0 unspecified atom stereocenters. The fourth-order valence-corrected chi connectivity index (χ4v) is 3.18. The predicted octanol–water partition coefficient (Wildman–Crippen LogP) is 4.31. The standard InChI is InChI=1S/C18H26O3/c1-12(2)16-10-5-13(3)11-17(16)21-18(19)14-6-8-15(20-4)9-7-14/h6-9,12-13,16-17H,5,10-11H2,1-4H3/t13-,16+,17-/m1/s1. The van der Waals surface area contributed by atoms with Crippen molar-refractivity contribution in [2.75, 3.05) is 7.11 Å². The first-order valence-electron chi connectivity index (χ1n) is 7.86. The van der Waals surface area contributed by atoms with Crippen molar-refractivity contribution in [1.82, 2.24) is 0 Å². The molecule has 1 aromatic carbocycles. The van der Waals surface area contributed by atoms with Gasteiger partial charge in [-0.05, 0) is 54.9 Å². The van der Waals surface area contributed by atoms with Gasteiger partial charge in [0.05, 0.1) is 12.7 Å². The number of esters is 1. The zero-order valence-electron chi connectivity index (χ0n) is 13.5. The number of ether oxygens (including phenoxy) is 2. The number of benzene rings is 1. The van der Waals surface area contributed by atoms with Gasteiger partial charge in [0, 0.05) is 0 Å². The molecular formula is C18H26O3. The van der Waals surface area contributed by atoms with Crippen LogP contribution >= 0.6 is 0 Å². The van der Waals surface area contributed by atoms with Crippen LogP contribution in [0.2, 0.25) is 0 Å². The lowest BCUT2D eigenvalue weighted by Gasteiger charge is -2.36. The minimum Gasteiger partial charge on any atom is -0.497 e. The van der Waals surface area contributed by atoms with E-state index >= 15 is 0 Å². The van der Waals surface area contributed by atoms with Crippen molar-refractivity contribution in [2.45, 2.75) is 46.1 Å². The summed E-state index contributed by atoms with van der Waals surface area (Å²) in [6, 6.07) is 7.11. The summed E-state index contributed by atoms with van der Waals surface area (Å²) in [4.78, 5) is 12.3. The van der Waals surface area contributed by atoms with E-state index in [1.165, 1.54) is 6.42 Å². The van der Waals surface area contributed by atoms with Gasteiger partial charge in [0.2, 0.25) is 0 Å². The van der Waals surface area contributed by atoms with Crippen LogP contribution in [-0.4, -0.2) is 19.2 Å². The fraction of sp³-hybridized carbons (Fsp3) is 0.611. The van der Waals surface area contributed by atoms with Crippen LogP contribution in [0, 0.1) is 17.8 Å². The monoisotopic (exact) mass is 290 g/mol. The predicted molar refractivity (Wildman–Crippen MR) is 83.5 cm³/mol. The maximum atomic E-state index is 12.3. The first kappa shape index (κ1) is 15.9.